The summed E-state index contributed by atoms with van der Waals surface area (Å²) in [5, 5.41) is 3.01. The second kappa shape index (κ2) is 7.25. The van der Waals surface area contributed by atoms with E-state index in [1.54, 1.807) is 0 Å². The average Bonchev–Trinajstić information content (AvgIpc) is 2.58. The summed E-state index contributed by atoms with van der Waals surface area (Å²) in [6.07, 6.45) is 11.4. The van der Waals surface area contributed by atoms with Crippen LogP contribution in [0.15, 0.2) is 72.8 Å². The molecule has 0 amide bonds. The lowest BCUT2D eigenvalue weighted by Crippen LogP contribution is -2.21. The Morgan fingerprint density at radius 1 is 0.909 bits per heavy atom. The second-order valence-electron chi connectivity index (χ2n) is 6.52. The largest absolute Gasteiger partial charge is 0.0880 e. The van der Waals surface area contributed by atoms with Gasteiger partial charge < -0.3 is 0 Å². The molecule has 1 unspecified atom stereocenters. The van der Waals surface area contributed by atoms with Gasteiger partial charge in [0.05, 0.1) is 0 Å². The minimum Gasteiger partial charge on any atom is -0.0880 e. The summed E-state index contributed by atoms with van der Waals surface area (Å²) in [7, 11) is -0.241. The maximum atomic E-state index is 2.47. The molecule has 1 atom stereocenters. The van der Waals surface area contributed by atoms with E-state index in [1.165, 1.54) is 42.5 Å². The van der Waals surface area contributed by atoms with E-state index in [4.69, 9.17) is 0 Å². The zero-order valence-electron chi connectivity index (χ0n) is 13.4. The first-order valence-corrected chi connectivity index (χ1v) is 9.85. The number of allylic oxidation sites excluding steroid dienone is 2. The molecule has 0 heterocycles. The molecule has 0 saturated heterocycles. The maximum Gasteiger partial charge on any atom is -0.0143 e. The Morgan fingerprint density at radius 3 is 2.00 bits per heavy atom. The third kappa shape index (κ3) is 3.87. The summed E-state index contributed by atoms with van der Waals surface area (Å²) in [5.41, 5.74) is 0.405. The van der Waals surface area contributed by atoms with Crippen molar-refractivity contribution in [3.05, 3.63) is 72.8 Å². The molecule has 2 aromatic rings. The second-order valence-corrected chi connectivity index (χ2v) is 8.86. The van der Waals surface area contributed by atoms with Gasteiger partial charge >= 0.3 is 0 Å². The van der Waals surface area contributed by atoms with Crippen LogP contribution in [0.5, 0.6) is 0 Å². The van der Waals surface area contributed by atoms with Gasteiger partial charge in [-0.1, -0.05) is 79.7 Å². The van der Waals surface area contributed by atoms with Crippen LogP contribution in [0, 0.1) is 5.41 Å². The van der Waals surface area contributed by atoms with Crippen molar-refractivity contribution in [2.75, 3.05) is 6.16 Å². The number of benzene rings is 2. The zero-order chi connectivity index (χ0) is 15.3. The van der Waals surface area contributed by atoms with E-state index < -0.39 is 0 Å². The molecule has 0 radical (unpaired) electrons. The minimum absolute atomic E-state index is 0.241. The summed E-state index contributed by atoms with van der Waals surface area (Å²) in [4.78, 5) is 0. The molecule has 2 aromatic carbocycles. The quantitative estimate of drug-likeness (QED) is 0.522. The van der Waals surface area contributed by atoms with Crippen molar-refractivity contribution in [1.29, 1.82) is 0 Å². The van der Waals surface area contributed by atoms with Gasteiger partial charge in [0.1, 0.15) is 0 Å². The maximum absolute atomic E-state index is 2.47. The molecule has 3 rings (SSSR count). The van der Waals surface area contributed by atoms with Crippen LogP contribution in [0.3, 0.4) is 0 Å². The highest BCUT2D eigenvalue weighted by Gasteiger charge is 2.25. The molecular formula is C21H25P. The standard InChI is InChI=1S/C21H25P/c1-21(15-9-4-10-16-21)17-18-22(19-11-5-2-6-12-19)20-13-7-3-8-14-20/h2-3,5-9,11-15H,4,10,16-18H2,1H3. The SMILES string of the molecule is CC1(CCP(c2ccccc2)c2ccccc2)C=CCCC1. The molecule has 0 bridgehead atoms. The topological polar surface area (TPSA) is 0 Å². The van der Waals surface area contributed by atoms with Gasteiger partial charge in [-0.15, -0.1) is 0 Å². The fraction of sp³-hybridized carbons (Fsp3) is 0.333. The van der Waals surface area contributed by atoms with E-state index in [-0.39, 0.29) is 7.92 Å². The molecule has 1 aliphatic rings. The highest BCUT2D eigenvalue weighted by molar-refractivity contribution is 7.73. The summed E-state index contributed by atoms with van der Waals surface area (Å²) < 4.78 is 0. The Bertz CT molecular complexity index is 563. The lowest BCUT2D eigenvalue weighted by atomic mass is 9.79. The monoisotopic (exact) mass is 308 g/mol. The molecule has 0 saturated carbocycles. The van der Waals surface area contributed by atoms with E-state index in [2.05, 4.69) is 79.7 Å². The molecule has 0 nitrogen and oxygen atoms in total. The predicted molar refractivity (Wildman–Crippen MR) is 99.7 cm³/mol. The van der Waals surface area contributed by atoms with Crippen molar-refractivity contribution in [2.24, 2.45) is 5.41 Å². The van der Waals surface area contributed by atoms with Gasteiger partial charge in [0.25, 0.3) is 0 Å². The van der Waals surface area contributed by atoms with E-state index in [1.807, 2.05) is 0 Å². The van der Waals surface area contributed by atoms with Crippen LogP contribution in [-0.2, 0) is 0 Å². The van der Waals surface area contributed by atoms with Crippen LogP contribution in [-0.4, -0.2) is 6.16 Å². The van der Waals surface area contributed by atoms with Crippen LogP contribution in [0.2, 0.25) is 0 Å². The average molecular weight is 308 g/mol. The van der Waals surface area contributed by atoms with E-state index in [0.29, 0.717) is 5.41 Å². The summed E-state index contributed by atoms with van der Waals surface area (Å²) in [6.45, 7) is 2.44. The van der Waals surface area contributed by atoms with Crippen LogP contribution in [0.25, 0.3) is 0 Å². The van der Waals surface area contributed by atoms with E-state index in [0.717, 1.165) is 0 Å². The normalized spacial score (nSPS) is 21.2. The number of hydrogen-bond acceptors (Lipinski definition) is 0. The third-order valence-electron chi connectivity index (χ3n) is 4.68. The van der Waals surface area contributed by atoms with E-state index in [9.17, 15) is 0 Å². The fourth-order valence-corrected chi connectivity index (χ4v) is 5.89. The van der Waals surface area contributed by atoms with Crippen molar-refractivity contribution in [1.82, 2.24) is 0 Å². The van der Waals surface area contributed by atoms with Gasteiger partial charge in [0.2, 0.25) is 0 Å². The van der Waals surface area contributed by atoms with Crippen molar-refractivity contribution in [3.8, 4) is 0 Å². The third-order valence-corrected chi connectivity index (χ3v) is 7.19. The molecule has 0 aliphatic heterocycles. The van der Waals surface area contributed by atoms with Crippen molar-refractivity contribution < 1.29 is 0 Å². The molecule has 0 fully saturated rings. The van der Waals surface area contributed by atoms with Crippen LogP contribution >= 0.6 is 7.92 Å². The Morgan fingerprint density at radius 2 is 1.50 bits per heavy atom. The Balaban J connectivity index is 1.80. The van der Waals surface area contributed by atoms with Crippen LogP contribution in [0.4, 0.5) is 0 Å². The summed E-state index contributed by atoms with van der Waals surface area (Å²) in [5.74, 6) is 0. The highest BCUT2D eigenvalue weighted by atomic mass is 31.1. The van der Waals surface area contributed by atoms with Crippen molar-refractivity contribution in [3.63, 3.8) is 0 Å². The molecule has 1 aliphatic carbocycles. The first kappa shape index (κ1) is 15.5. The number of rotatable bonds is 5. The first-order valence-electron chi connectivity index (χ1n) is 8.32. The molecule has 22 heavy (non-hydrogen) atoms. The van der Waals surface area contributed by atoms with Gasteiger partial charge in [0.15, 0.2) is 0 Å². The van der Waals surface area contributed by atoms with Gasteiger partial charge in [-0.2, -0.15) is 0 Å². The van der Waals surface area contributed by atoms with Gasteiger partial charge in [0, 0.05) is 0 Å². The Kier molecular flexibility index (Phi) is 5.11. The van der Waals surface area contributed by atoms with Gasteiger partial charge in [-0.05, 0) is 55.8 Å². The molecule has 1 heteroatoms. The Hall–Kier alpha value is -1.39. The molecule has 0 N–H and O–H groups in total. The molecule has 114 valence electrons. The minimum atomic E-state index is -0.241. The summed E-state index contributed by atoms with van der Waals surface area (Å²) in [6, 6.07) is 22.2. The predicted octanol–water partition coefficient (Wildman–Crippen LogP) is 5.26. The zero-order valence-corrected chi connectivity index (χ0v) is 14.3. The highest BCUT2D eigenvalue weighted by Crippen LogP contribution is 2.41. The first-order chi connectivity index (χ1) is 10.8. The number of hydrogen-bond donors (Lipinski definition) is 0. The van der Waals surface area contributed by atoms with Gasteiger partial charge in [-0.3, -0.25) is 0 Å². The molecule has 0 aromatic heterocycles. The summed E-state index contributed by atoms with van der Waals surface area (Å²) >= 11 is 0. The lowest BCUT2D eigenvalue weighted by Gasteiger charge is -2.31. The molecule has 0 spiro atoms. The fourth-order valence-electron chi connectivity index (χ4n) is 3.27. The van der Waals surface area contributed by atoms with Crippen molar-refractivity contribution in [2.45, 2.75) is 32.6 Å². The van der Waals surface area contributed by atoms with Gasteiger partial charge in [-0.25, -0.2) is 0 Å². The van der Waals surface area contributed by atoms with Crippen molar-refractivity contribution >= 4 is 18.5 Å². The van der Waals surface area contributed by atoms with Crippen LogP contribution < -0.4 is 10.6 Å². The smallest absolute Gasteiger partial charge is 0.0143 e. The Labute approximate surface area is 136 Å². The van der Waals surface area contributed by atoms with Crippen LogP contribution in [0.1, 0.15) is 32.6 Å². The van der Waals surface area contributed by atoms with E-state index >= 15 is 0 Å². The molecular weight excluding hydrogens is 283 g/mol. The lowest BCUT2D eigenvalue weighted by molar-refractivity contribution is 0.354.